The van der Waals surface area contributed by atoms with E-state index in [-0.39, 0.29) is 5.60 Å². The van der Waals surface area contributed by atoms with E-state index < -0.39 is 0 Å². The summed E-state index contributed by atoms with van der Waals surface area (Å²) in [5, 5.41) is 3.46. The lowest BCUT2D eigenvalue weighted by atomic mass is 9.86. The Morgan fingerprint density at radius 2 is 2.17 bits per heavy atom. The number of thiophene rings is 1. The van der Waals surface area contributed by atoms with Crippen molar-refractivity contribution in [2.45, 2.75) is 31.8 Å². The van der Waals surface area contributed by atoms with Gasteiger partial charge < -0.3 is 10.1 Å². The van der Waals surface area contributed by atoms with Gasteiger partial charge in [0.05, 0.1) is 22.9 Å². The molecule has 0 aromatic carbocycles. The molecule has 1 fully saturated rings. The SMILES string of the molecule is Cc1cn2c(-c3cc4c(s3)C3(CCNCC3)OCC4)cccc2n1. The summed E-state index contributed by atoms with van der Waals surface area (Å²) in [4.78, 5) is 7.38. The first-order chi connectivity index (χ1) is 11.8. The van der Waals surface area contributed by atoms with Crippen molar-refractivity contribution in [3.63, 3.8) is 0 Å². The fraction of sp³-hybridized carbons (Fsp3) is 0.421. The zero-order chi connectivity index (χ0) is 16.1. The summed E-state index contributed by atoms with van der Waals surface area (Å²) in [6.45, 7) is 4.98. The molecule has 2 aliphatic rings. The van der Waals surface area contributed by atoms with Gasteiger partial charge in [-0.2, -0.15) is 0 Å². The molecule has 0 aliphatic carbocycles. The number of ether oxygens (including phenoxy) is 1. The minimum Gasteiger partial charge on any atom is -0.369 e. The maximum Gasteiger partial charge on any atom is 0.137 e. The third-order valence-electron chi connectivity index (χ3n) is 5.25. The second kappa shape index (κ2) is 5.41. The molecule has 124 valence electrons. The van der Waals surface area contributed by atoms with E-state index in [1.54, 1.807) is 0 Å². The number of hydrogen-bond acceptors (Lipinski definition) is 4. The first-order valence-corrected chi connectivity index (χ1v) is 9.50. The Kier molecular flexibility index (Phi) is 3.30. The van der Waals surface area contributed by atoms with E-state index >= 15 is 0 Å². The van der Waals surface area contributed by atoms with Crippen molar-refractivity contribution in [2.75, 3.05) is 19.7 Å². The summed E-state index contributed by atoms with van der Waals surface area (Å²) in [7, 11) is 0. The Hall–Kier alpha value is -1.69. The number of aryl methyl sites for hydroxylation is 1. The molecule has 0 atom stereocenters. The zero-order valence-corrected chi connectivity index (χ0v) is 14.7. The fourth-order valence-corrected chi connectivity index (χ4v) is 5.52. The van der Waals surface area contributed by atoms with Crippen LogP contribution in [0.15, 0.2) is 30.5 Å². The Balaban J connectivity index is 1.66. The third-order valence-corrected chi connectivity index (χ3v) is 6.63. The molecule has 24 heavy (non-hydrogen) atoms. The van der Waals surface area contributed by atoms with Crippen LogP contribution in [0.4, 0.5) is 0 Å². The predicted octanol–water partition coefficient (Wildman–Crippen LogP) is 3.52. The largest absolute Gasteiger partial charge is 0.369 e. The van der Waals surface area contributed by atoms with Gasteiger partial charge in [0.25, 0.3) is 0 Å². The molecule has 0 bridgehead atoms. The van der Waals surface area contributed by atoms with E-state index in [4.69, 9.17) is 4.74 Å². The molecule has 0 saturated carbocycles. The molecule has 5 heteroatoms. The van der Waals surface area contributed by atoms with E-state index in [1.807, 2.05) is 18.3 Å². The quantitative estimate of drug-likeness (QED) is 0.737. The van der Waals surface area contributed by atoms with Crippen molar-refractivity contribution in [1.82, 2.24) is 14.7 Å². The van der Waals surface area contributed by atoms with Gasteiger partial charge in [0.15, 0.2) is 0 Å². The van der Waals surface area contributed by atoms with Gasteiger partial charge in [-0.25, -0.2) is 4.98 Å². The van der Waals surface area contributed by atoms with Crippen LogP contribution in [0.2, 0.25) is 0 Å². The second-order valence-electron chi connectivity index (χ2n) is 6.83. The normalized spacial score (nSPS) is 19.7. The van der Waals surface area contributed by atoms with Crippen LogP contribution in [-0.2, 0) is 16.8 Å². The van der Waals surface area contributed by atoms with Crippen LogP contribution in [0, 0.1) is 6.92 Å². The van der Waals surface area contributed by atoms with Gasteiger partial charge in [-0.15, -0.1) is 11.3 Å². The molecule has 0 amide bonds. The lowest BCUT2D eigenvalue weighted by Gasteiger charge is -2.40. The lowest BCUT2D eigenvalue weighted by Crippen LogP contribution is -2.43. The Morgan fingerprint density at radius 3 is 3.04 bits per heavy atom. The molecule has 5 heterocycles. The average molecular weight is 339 g/mol. The molecule has 4 nitrogen and oxygen atoms in total. The lowest BCUT2D eigenvalue weighted by molar-refractivity contribution is -0.0771. The topological polar surface area (TPSA) is 38.6 Å². The number of hydrogen-bond donors (Lipinski definition) is 1. The van der Waals surface area contributed by atoms with Crippen LogP contribution in [0.3, 0.4) is 0 Å². The summed E-state index contributed by atoms with van der Waals surface area (Å²) >= 11 is 1.92. The highest BCUT2D eigenvalue weighted by atomic mass is 32.1. The molecule has 5 rings (SSSR count). The minimum absolute atomic E-state index is 0.0551. The Morgan fingerprint density at radius 1 is 1.29 bits per heavy atom. The summed E-state index contributed by atoms with van der Waals surface area (Å²) < 4.78 is 8.54. The molecule has 1 saturated heterocycles. The van der Waals surface area contributed by atoms with Crippen molar-refractivity contribution in [3.05, 3.63) is 46.6 Å². The Bertz CT molecular complexity index is 905. The number of pyridine rings is 1. The predicted molar refractivity (Wildman–Crippen MR) is 96.7 cm³/mol. The molecule has 0 unspecified atom stereocenters. The van der Waals surface area contributed by atoms with Gasteiger partial charge in [-0.05, 0) is 63.0 Å². The number of imidazole rings is 1. The summed E-state index contributed by atoms with van der Waals surface area (Å²) in [6, 6.07) is 8.76. The molecular weight excluding hydrogens is 318 g/mol. The number of nitrogens with zero attached hydrogens (tertiary/aromatic N) is 2. The van der Waals surface area contributed by atoms with Crippen LogP contribution < -0.4 is 5.32 Å². The highest BCUT2D eigenvalue weighted by molar-refractivity contribution is 7.15. The highest BCUT2D eigenvalue weighted by Crippen LogP contribution is 2.46. The minimum atomic E-state index is -0.0551. The summed E-state index contributed by atoms with van der Waals surface area (Å²) in [6.07, 6.45) is 5.31. The van der Waals surface area contributed by atoms with Crippen LogP contribution in [0.5, 0.6) is 0 Å². The standard InChI is InChI=1S/C19H21N3OS/c1-13-12-22-15(3-2-4-17(22)21-13)16-11-14-5-10-23-19(18(14)24-16)6-8-20-9-7-19/h2-4,11-12,20H,5-10H2,1H3. The van der Waals surface area contributed by atoms with Crippen molar-refractivity contribution < 1.29 is 4.74 Å². The summed E-state index contributed by atoms with van der Waals surface area (Å²) in [5.74, 6) is 0. The molecule has 2 aliphatic heterocycles. The number of nitrogens with one attached hydrogen (secondary N) is 1. The number of rotatable bonds is 1. The summed E-state index contributed by atoms with van der Waals surface area (Å²) in [5.41, 5.74) is 4.74. The van der Waals surface area contributed by atoms with E-state index in [0.717, 1.165) is 50.3 Å². The molecule has 0 radical (unpaired) electrons. The third kappa shape index (κ3) is 2.15. The van der Waals surface area contributed by atoms with Gasteiger partial charge in [0.2, 0.25) is 0 Å². The first-order valence-electron chi connectivity index (χ1n) is 8.68. The highest BCUT2D eigenvalue weighted by Gasteiger charge is 2.40. The molecule has 1 N–H and O–H groups in total. The van der Waals surface area contributed by atoms with Crippen molar-refractivity contribution in [2.24, 2.45) is 0 Å². The number of aromatic nitrogens is 2. The van der Waals surface area contributed by atoms with Crippen LogP contribution in [-0.4, -0.2) is 29.1 Å². The Labute approximate surface area is 145 Å². The van der Waals surface area contributed by atoms with Crippen LogP contribution >= 0.6 is 11.3 Å². The molecular formula is C19H21N3OS. The van der Waals surface area contributed by atoms with E-state index in [0.29, 0.717) is 0 Å². The number of piperidine rings is 1. The van der Waals surface area contributed by atoms with Gasteiger partial charge in [-0.3, -0.25) is 4.40 Å². The maximum absolute atomic E-state index is 6.32. The molecule has 3 aromatic rings. The van der Waals surface area contributed by atoms with E-state index in [9.17, 15) is 0 Å². The van der Waals surface area contributed by atoms with Crippen LogP contribution in [0.1, 0.15) is 29.0 Å². The van der Waals surface area contributed by atoms with Crippen molar-refractivity contribution in [1.29, 1.82) is 0 Å². The maximum atomic E-state index is 6.32. The average Bonchev–Trinajstić information content (AvgIpc) is 3.19. The van der Waals surface area contributed by atoms with Gasteiger partial charge in [0.1, 0.15) is 11.2 Å². The smallest absolute Gasteiger partial charge is 0.137 e. The zero-order valence-electron chi connectivity index (χ0n) is 13.8. The number of fused-ring (bicyclic) bond motifs is 3. The van der Waals surface area contributed by atoms with Crippen molar-refractivity contribution in [3.8, 4) is 10.6 Å². The van der Waals surface area contributed by atoms with Gasteiger partial charge >= 0.3 is 0 Å². The van der Waals surface area contributed by atoms with E-state index in [2.05, 4.69) is 45.2 Å². The van der Waals surface area contributed by atoms with Crippen molar-refractivity contribution >= 4 is 17.0 Å². The molecule has 1 spiro atoms. The second-order valence-corrected chi connectivity index (χ2v) is 7.88. The van der Waals surface area contributed by atoms with Gasteiger partial charge in [0, 0.05) is 11.1 Å². The fourth-order valence-electron chi connectivity index (χ4n) is 4.08. The molecule has 3 aromatic heterocycles. The van der Waals surface area contributed by atoms with Gasteiger partial charge in [-0.1, -0.05) is 6.07 Å². The first kappa shape index (κ1) is 14.6. The van der Waals surface area contributed by atoms with Crippen LogP contribution in [0.25, 0.3) is 16.2 Å². The van der Waals surface area contributed by atoms with E-state index in [1.165, 1.54) is 21.0 Å². The monoisotopic (exact) mass is 339 g/mol.